The lowest BCUT2D eigenvalue weighted by atomic mass is 10.0. The van der Waals surface area contributed by atoms with E-state index in [0.29, 0.717) is 5.75 Å². The van der Waals surface area contributed by atoms with Gasteiger partial charge in [-0.2, -0.15) is 18.6 Å². The number of aryl methyl sites for hydroxylation is 1. The molecule has 0 aliphatic heterocycles. The number of ether oxygens (including phenoxy) is 1. The lowest BCUT2D eigenvalue weighted by molar-refractivity contribution is 0.179. The van der Waals surface area contributed by atoms with Crippen LogP contribution in [-0.4, -0.2) is 21.6 Å². The second-order valence-electron chi connectivity index (χ2n) is 6.42. The van der Waals surface area contributed by atoms with Crippen molar-refractivity contribution in [2.24, 2.45) is 5.90 Å². The smallest absolute Gasteiger partial charge is 0.416 e. The average Bonchev–Trinajstić information content (AvgIpc) is 2.66. The summed E-state index contributed by atoms with van der Waals surface area (Å²) in [6.45, 7) is 4.08. The van der Waals surface area contributed by atoms with E-state index in [9.17, 15) is 8.42 Å². The highest BCUT2D eigenvalue weighted by molar-refractivity contribution is 7.81. The molecule has 0 heterocycles. The molecule has 0 radical (unpaired) electrons. The van der Waals surface area contributed by atoms with E-state index in [4.69, 9.17) is 4.74 Å². The van der Waals surface area contributed by atoms with E-state index in [1.54, 1.807) is 0 Å². The third-order valence-electron chi connectivity index (χ3n) is 4.18. The van der Waals surface area contributed by atoms with Crippen LogP contribution in [-0.2, 0) is 25.3 Å². The molecule has 0 atom stereocenters. The number of hydrogen-bond donors (Lipinski definition) is 1. The number of hydrogen-bond acceptors (Lipinski definition) is 6. The van der Waals surface area contributed by atoms with Crippen molar-refractivity contribution >= 4 is 16.5 Å². The molecule has 0 saturated carbocycles. The number of nitrogens with two attached hydrogens (primary N) is 1. The molecular formula is C20H33NO5S. The van der Waals surface area contributed by atoms with Gasteiger partial charge in [0.25, 0.3) is 0 Å². The van der Waals surface area contributed by atoms with E-state index in [2.05, 4.69) is 33.4 Å². The first kappa shape index (κ1) is 23.6. The van der Waals surface area contributed by atoms with Crippen molar-refractivity contribution in [1.29, 1.82) is 0 Å². The Labute approximate surface area is 164 Å². The number of allylic oxidation sites excluding steroid dienone is 1. The van der Waals surface area contributed by atoms with Gasteiger partial charge in [-0.1, -0.05) is 63.7 Å². The van der Waals surface area contributed by atoms with Gasteiger partial charge in [-0.15, -0.1) is 0 Å². The third kappa shape index (κ3) is 10.5. The summed E-state index contributed by atoms with van der Waals surface area (Å²) in [7, 11) is -4.14. The van der Waals surface area contributed by atoms with Gasteiger partial charge in [-0.3, -0.25) is 0 Å². The number of benzene rings is 1. The summed E-state index contributed by atoms with van der Waals surface area (Å²) in [5.74, 6) is 5.28. The standard InChI is InChI=1S/C20H33NO5S/c1-3-5-6-7-8-9-10-12-18-13-14-20(19(17-18)11-4-2)24-15-16-25-27(22,23)26-21/h4,11,13-14,17H,3,5-10,12,15-16,21H2,1-2H3/b11-4+. The quantitative estimate of drug-likeness (QED) is 0.344. The summed E-state index contributed by atoms with van der Waals surface area (Å²) in [5, 5.41) is 0. The predicted molar refractivity (Wildman–Crippen MR) is 108 cm³/mol. The van der Waals surface area contributed by atoms with E-state index in [-0.39, 0.29) is 13.2 Å². The molecule has 1 aromatic rings. The first-order valence-corrected chi connectivity index (χ1v) is 11.0. The molecule has 0 spiro atoms. The summed E-state index contributed by atoms with van der Waals surface area (Å²) >= 11 is 0. The molecule has 7 heteroatoms. The Hall–Kier alpha value is -1.41. The second-order valence-corrected chi connectivity index (χ2v) is 7.66. The van der Waals surface area contributed by atoms with Gasteiger partial charge in [0.05, 0.1) is 0 Å². The zero-order valence-electron chi connectivity index (χ0n) is 16.5. The molecule has 0 aliphatic carbocycles. The van der Waals surface area contributed by atoms with Gasteiger partial charge >= 0.3 is 10.4 Å². The zero-order valence-corrected chi connectivity index (χ0v) is 17.3. The minimum Gasteiger partial charge on any atom is -0.491 e. The van der Waals surface area contributed by atoms with Crippen LogP contribution in [0.5, 0.6) is 5.75 Å². The van der Waals surface area contributed by atoms with Gasteiger partial charge in [0.1, 0.15) is 19.0 Å². The fourth-order valence-electron chi connectivity index (χ4n) is 2.80. The second kappa shape index (κ2) is 13.7. The van der Waals surface area contributed by atoms with Crippen LogP contribution >= 0.6 is 0 Å². The molecule has 1 rings (SSSR count). The third-order valence-corrected chi connectivity index (χ3v) is 4.87. The molecule has 0 saturated heterocycles. The minimum atomic E-state index is -4.14. The Morgan fingerprint density at radius 2 is 1.74 bits per heavy atom. The highest BCUT2D eigenvalue weighted by atomic mass is 32.3. The topological polar surface area (TPSA) is 87.8 Å². The van der Waals surface area contributed by atoms with Gasteiger partial charge in [0.2, 0.25) is 0 Å². The maximum atomic E-state index is 11.0. The van der Waals surface area contributed by atoms with Crippen LogP contribution in [0.15, 0.2) is 24.3 Å². The minimum absolute atomic E-state index is 0.0737. The van der Waals surface area contributed by atoms with E-state index < -0.39 is 10.4 Å². The van der Waals surface area contributed by atoms with Crippen molar-refractivity contribution in [3.05, 3.63) is 35.4 Å². The monoisotopic (exact) mass is 399 g/mol. The van der Waals surface area contributed by atoms with E-state index in [1.165, 1.54) is 50.5 Å². The van der Waals surface area contributed by atoms with E-state index >= 15 is 0 Å². The molecular weight excluding hydrogens is 366 g/mol. The molecule has 2 N–H and O–H groups in total. The molecule has 0 aliphatic rings. The largest absolute Gasteiger partial charge is 0.491 e. The summed E-state index contributed by atoms with van der Waals surface area (Å²) in [5.41, 5.74) is 2.25. The van der Waals surface area contributed by atoms with Crippen LogP contribution in [0.2, 0.25) is 0 Å². The summed E-state index contributed by atoms with van der Waals surface area (Å²) in [6, 6.07) is 6.09. The lowest BCUT2D eigenvalue weighted by Gasteiger charge is -2.11. The zero-order chi connectivity index (χ0) is 20.0. The molecule has 27 heavy (non-hydrogen) atoms. The SMILES string of the molecule is C/C=C/c1cc(CCCCCCCCC)ccc1OCCOS(=O)(=O)ON. The first-order chi connectivity index (χ1) is 13.0. The number of unbranched alkanes of at least 4 members (excludes halogenated alkanes) is 6. The van der Waals surface area contributed by atoms with Crippen LogP contribution in [0.1, 0.15) is 69.9 Å². The number of rotatable bonds is 15. The van der Waals surface area contributed by atoms with Crippen molar-refractivity contribution in [2.45, 2.75) is 65.2 Å². The van der Waals surface area contributed by atoms with Gasteiger partial charge in [0.15, 0.2) is 0 Å². The summed E-state index contributed by atoms with van der Waals surface area (Å²) in [4.78, 5) is 0. The maximum absolute atomic E-state index is 11.0. The van der Waals surface area contributed by atoms with Crippen LogP contribution in [0.4, 0.5) is 0 Å². The Morgan fingerprint density at radius 3 is 2.41 bits per heavy atom. The molecule has 0 fully saturated rings. The van der Waals surface area contributed by atoms with Crippen molar-refractivity contribution in [3.8, 4) is 5.75 Å². The fraction of sp³-hybridized carbons (Fsp3) is 0.600. The van der Waals surface area contributed by atoms with Crippen molar-refractivity contribution in [3.63, 3.8) is 0 Å². The molecule has 0 bridgehead atoms. The van der Waals surface area contributed by atoms with E-state index in [0.717, 1.165) is 12.0 Å². The van der Waals surface area contributed by atoms with E-state index in [1.807, 2.05) is 25.1 Å². The van der Waals surface area contributed by atoms with Crippen molar-refractivity contribution in [2.75, 3.05) is 13.2 Å². The van der Waals surface area contributed by atoms with Gasteiger partial charge in [-0.05, 0) is 37.5 Å². The Bertz CT molecular complexity index is 658. The highest BCUT2D eigenvalue weighted by Gasteiger charge is 2.10. The highest BCUT2D eigenvalue weighted by Crippen LogP contribution is 2.23. The molecule has 154 valence electrons. The first-order valence-electron chi connectivity index (χ1n) is 9.68. The molecule has 0 aromatic heterocycles. The maximum Gasteiger partial charge on any atom is 0.416 e. The van der Waals surface area contributed by atoms with Crippen LogP contribution in [0.25, 0.3) is 6.08 Å². The predicted octanol–water partition coefficient (Wildman–Crippen LogP) is 4.54. The fourth-order valence-corrected chi connectivity index (χ4v) is 3.12. The van der Waals surface area contributed by atoms with Gasteiger partial charge in [-0.25, -0.2) is 4.18 Å². The molecule has 6 nitrogen and oxygen atoms in total. The Balaban J connectivity index is 2.46. The normalized spacial score (nSPS) is 12.0. The lowest BCUT2D eigenvalue weighted by Crippen LogP contribution is -2.18. The van der Waals surface area contributed by atoms with Crippen molar-refractivity contribution in [1.82, 2.24) is 0 Å². The summed E-state index contributed by atoms with van der Waals surface area (Å²) < 4.78 is 35.8. The van der Waals surface area contributed by atoms with Gasteiger partial charge < -0.3 is 4.74 Å². The van der Waals surface area contributed by atoms with Crippen LogP contribution in [0, 0.1) is 0 Å². The molecule has 0 amide bonds. The Kier molecular flexibility index (Phi) is 12.0. The summed E-state index contributed by atoms with van der Waals surface area (Å²) in [6.07, 6.45) is 14.0. The van der Waals surface area contributed by atoms with Crippen LogP contribution in [0.3, 0.4) is 0 Å². The van der Waals surface area contributed by atoms with Crippen molar-refractivity contribution < 1.29 is 21.6 Å². The molecule has 1 aromatic carbocycles. The van der Waals surface area contributed by atoms with Crippen LogP contribution < -0.4 is 10.6 Å². The molecule has 0 unspecified atom stereocenters. The van der Waals surface area contributed by atoms with Gasteiger partial charge in [0, 0.05) is 5.56 Å². The Morgan fingerprint density at radius 1 is 1.04 bits per heavy atom. The average molecular weight is 400 g/mol.